The molecule has 0 aliphatic carbocycles. The molecule has 0 saturated heterocycles. The monoisotopic (exact) mass is 218 g/mol. The first-order valence-corrected chi connectivity index (χ1v) is 4.88. The lowest BCUT2D eigenvalue weighted by atomic mass is 10.1. The van der Waals surface area contributed by atoms with Gasteiger partial charge in [-0.1, -0.05) is 12.1 Å². The first-order valence-electron chi connectivity index (χ1n) is 4.88. The minimum atomic E-state index is -0.375. The Kier molecular flexibility index (Phi) is 2.56. The van der Waals surface area contributed by atoms with Crippen LogP contribution in [0.4, 0.5) is 4.39 Å². The van der Waals surface area contributed by atoms with Gasteiger partial charge < -0.3 is 4.57 Å². The zero-order valence-corrected chi connectivity index (χ0v) is 9.07. The molecule has 0 N–H and O–H groups in total. The summed E-state index contributed by atoms with van der Waals surface area (Å²) in [7, 11) is 1.73. The van der Waals surface area contributed by atoms with Crippen molar-refractivity contribution in [2.75, 3.05) is 0 Å². The fourth-order valence-electron chi connectivity index (χ4n) is 1.45. The largest absolute Gasteiger partial charge is 0.331 e. The summed E-state index contributed by atoms with van der Waals surface area (Å²) in [5, 5.41) is 0. The Morgan fingerprint density at radius 3 is 2.75 bits per heavy atom. The highest BCUT2D eigenvalue weighted by Gasteiger charge is 2.14. The number of nitrogens with zero attached hydrogens (tertiary/aromatic N) is 2. The maximum atomic E-state index is 13.3. The third kappa shape index (κ3) is 1.74. The molecule has 1 aromatic carbocycles. The van der Waals surface area contributed by atoms with Gasteiger partial charge in [-0.2, -0.15) is 0 Å². The first kappa shape index (κ1) is 10.5. The van der Waals surface area contributed by atoms with Crippen LogP contribution in [0.25, 0.3) is 0 Å². The van der Waals surface area contributed by atoms with Gasteiger partial charge in [0.1, 0.15) is 5.82 Å². The van der Waals surface area contributed by atoms with Crippen molar-refractivity contribution in [3.8, 4) is 0 Å². The normalized spacial score (nSPS) is 10.4. The van der Waals surface area contributed by atoms with E-state index in [4.69, 9.17) is 0 Å². The zero-order chi connectivity index (χ0) is 11.7. The number of carbonyl (C=O) groups excluding carboxylic acids is 1. The number of hydrogen-bond acceptors (Lipinski definition) is 2. The predicted molar refractivity (Wildman–Crippen MR) is 57.8 cm³/mol. The highest BCUT2D eigenvalue weighted by molar-refractivity contribution is 6.06. The molecule has 0 atom stereocenters. The molecule has 2 aromatic rings. The van der Waals surface area contributed by atoms with E-state index in [9.17, 15) is 9.18 Å². The second-order valence-corrected chi connectivity index (χ2v) is 3.65. The van der Waals surface area contributed by atoms with Crippen LogP contribution in [0.5, 0.6) is 0 Å². The number of halogens is 1. The Hall–Kier alpha value is -1.97. The minimum Gasteiger partial charge on any atom is -0.331 e. The second kappa shape index (κ2) is 3.89. The second-order valence-electron chi connectivity index (χ2n) is 3.65. The Morgan fingerprint density at radius 1 is 1.44 bits per heavy atom. The van der Waals surface area contributed by atoms with Crippen LogP contribution in [0, 0.1) is 12.7 Å². The Bertz CT molecular complexity index is 546. The van der Waals surface area contributed by atoms with E-state index in [1.807, 2.05) is 0 Å². The molecule has 0 amide bonds. The van der Waals surface area contributed by atoms with Crippen molar-refractivity contribution in [3.05, 3.63) is 53.4 Å². The molecule has 0 saturated carbocycles. The van der Waals surface area contributed by atoms with Gasteiger partial charge in [0.25, 0.3) is 0 Å². The molecule has 4 heteroatoms. The SMILES string of the molecule is Cc1ccc(C(=O)c2nccn2C)cc1F. The molecule has 0 spiro atoms. The van der Waals surface area contributed by atoms with Crippen LogP contribution in [-0.2, 0) is 7.05 Å². The van der Waals surface area contributed by atoms with Crippen molar-refractivity contribution in [1.82, 2.24) is 9.55 Å². The average molecular weight is 218 g/mol. The lowest BCUT2D eigenvalue weighted by molar-refractivity contribution is 0.102. The van der Waals surface area contributed by atoms with Gasteiger partial charge >= 0.3 is 0 Å². The minimum absolute atomic E-state index is 0.272. The summed E-state index contributed by atoms with van der Waals surface area (Å²) in [6.07, 6.45) is 3.22. The summed E-state index contributed by atoms with van der Waals surface area (Å²) >= 11 is 0. The molecule has 0 bridgehead atoms. The van der Waals surface area contributed by atoms with Crippen molar-refractivity contribution >= 4 is 5.78 Å². The van der Waals surface area contributed by atoms with E-state index in [-0.39, 0.29) is 11.6 Å². The number of hydrogen-bond donors (Lipinski definition) is 0. The Balaban J connectivity index is 2.42. The van der Waals surface area contributed by atoms with Gasteiger partial charge in [-0.15, -0.1) is 0 Å². The summed E-state index contributed by atoms with van der Waals surface area (Å²) in [6.45, 7) is 1.66. The van der Waals surface area contributed by atoms with E-state index in [1.165, 1.54) is 12.3 Å². The molecule has 0 unspecified atom stereocenters. The van der Waals surface area contributed by atoms with Crippen LogP contribution in [-0.4, -0.2) is 15.3 Å². The number of imidazole rings is 1. The summed E-state index contributed by atoms with van der Waals surface area (Å²) in [5.41, 5.74) is 0.841. The van der Waals surface area contributed by atoms with Crippen molar-refractivity contribution in [1.29, 1.82) is 0 Å². The molecule has 1 heterocycles. The lowest BCUT2D eigenvalue weighted by Crippen LogP contribution is -2.09. The van der Waals surface area contributed by atoms with Gasteiger partial charge in [0, 0.05) is 25.0 Å². The van der Waals surface area contributed by atoms with Crippen LogP contribution < -0.4 is 0 Å². The number of rotatable bonds is 2. The summed E-state index contributed by atoms with van der Waals surface area (Å²) < 4.78 is 14.9. The van der Waals surface area contributed by atoms with Gasteiger partial charge in [0.05, 0.1) is 0 Å². The van der Waals surface area contributed by atoms with E-state index in [1.54, 1.807) is 36.9 Å². The number of benzene rings is 1. The molecule has 0 radical (unpaired) electrons. The van der Waals surface area contributed by atoms with E-state index in [2.05, 4.69) is 4.98 Å². The van der Waals surface area contributed by atoms with Crippen molar-refractivity contribution in [2.45, 2.75) is 6.92 Å². The maximum Gasteiger partial charge on any atom is 0.228 e. The molecule has 82 valence electrons. The number of ketones is 1. The molecule has 0 aliphatic rings. The van der Waals surface area contributed by atoms with Crippen molar-refractivity contribution in [2.24, 2.45) is 7.05 Å². The van der Waals surface area contributed by atoms with E-state index >= 15 is 0 Å². The maximum absolute atomic E-state index is 13.3. The molecule has 3 nitrogen and oxygen atoms in total. The van der Waals surface area contributed by atoms with Crippen molar-refractivity contribution < 1.29 is 9.18 Å². The first-order chi connectivity index (χ1) is 7.59. The molecule has 0 aliphatic heterocycles. The summed E-state index contributed by atoms with van der Waals surface area (Å²) in [5.74, 6) is -0.338. The van der Waals surface area contributed by atoms with Gasteiger partial charge in [-0.25, -0.2) is 9.37 Å². The molecular weight excluding hydrogens is 207 g/mol. The van der Waals surface area contributed by atoms with Crippen LogP contribution in [0.15, 0.2) is 30.6 Å². The predicted octanol–water partition coefficient (Wildman–Crippen LogP) is 2.10. The third-order valence-corrected chi connectivity index (χ3v) is 2.46. The summed E-state index contributed by atoms with van der Waals surface area (Å²) in [4.78, 5) is 15.9. The van der Waals surface area contributed by atoms with Gasteiger partial charge in [0.2, 0.25) is 5.78 Å². The quantitative estimate of drug-likeness (QED) is 0.723. The highest BCUT2D eigenvalue weighted by Crippen LogP contribution is 2.12. The van der Waals surface area contributed by atoms with E-state index < -0.39 is 0 Å². The van der Waals surface area contributed by atoms with Crippen LogP contribution in [0.3, 0.4) is 0 Å². The lowest BCUT2D eigenvalue weighted by Gasteiger charge is -2.02. The molecule has 16 heavy (non-hydrogen) atoms. The Morgan fingerprint density at radius 2 is 2.19 bits per heavy atom. The fraction of sp³-hybridized carbons (Fsp3) is 0.167. The van der Waals surface area contributed by atoms with Crippen LogP contribution >= 0.6 is 0 Å². The smallest absolute Gasteiger partial charge is 0.228 e. The fourth-order valence-corrected chi connectivity index (χ4v) is 1.45. The third-order valence-electron chi connectivity index (χ3n) is 2.46. The van der Waals surface area contributed by atoms with E-state index in [0.29, 0.717) is 17.0 Å². The molecule has 1 aromatic heterocycles. The number of carbonyl (C=O) groups is 1. The highest BCUT2D eigenvalue weighted by atomic mass is 19.1. The van der Waals surface area contributed by atoms with Gasteiger partial charge in [0.15, 0.2) is 5.82 Å². The standard InChI is InChI=1S/C12H11FN2O/c1-8-3-4-9(7-10(8)13)11(16)12-14-5-6-15(12)2/h3-7H,1-2H3. The zero-order valence-electron chi connectivity index (χ0n) is 9.07. The van der Waals surface area contributed by atoms with Crippen LogP contribution in [0.1, 0.15) is 21.7 Å². The average Bonchev–Trinajstić information content (AvgIpc) is 2.67. The number of aryl methyl sites for hydroxylation is 2. The Labute approximate surface area is 92.5 Å². The van der Waals surface area contributed by atoms with Crippen molar-refractivity contribution in [3.63, 3.8) is 0 Å². The topological polar surface area (TPSA) is 34.9 Å². The number of aromatic nitrogens is 2. The molecular formula is C12H11FN2O. The molecule has 2 rings (SSSR count). The van der Waals surface area contributed by atoms with Gasteiger partial charge in [-0.05, 0) is 18.6 Å². The van der Waals surface area contributed by atoms with Crippen LogP contribution in [0.2, 0.25) is 0 Å². The van der Waals surface area contributed by atoms with Gasteiger partial charge in [-0.3, -0.25) is 4.79 Å². The van der Waals surface area contributed by atoms with E-state index in [0.717, 1.165) is 0 Å². The summed E-state index contributed by atoms with van der Waals surface area (Å²) in [6, 6.07) is 4.44. The molecule has 0 fully saturated rings.